The van der Waals surface area contributed by atoms with E-state index in [4.69, 9.17) is 9.47 Å². The number of rotatable bonds is 10. The highest BCUT2D eigenvalue weighted by atomic mass is 79.9. The fourth-order valence-electron chi connectivity index (χ4n) is 6.97. The molecule has 1 N–H and O–H groups in total. The zero-order valence-corrected chi connectivity index (χ0v) is 24.7. The van der Waals surface area contributed by atoms with Crippen LogP contribution in [0, 0.1) is 17.8 Å². The highest BCUT2D eigenvalue weighted by Crippen LogP contribution is 2.61. The summed E-state index contributed by atoms with van der Waals surface area (Å²) in [5.41, 5.74) is -0.563. The van der Waals surface area contributed by atoms with Crippen LogP contribution in [0.1, 0.15) is 33.6 Å². The predicted octanol–water partition coefficient (Wildman–Crippen LogP) is 4.08. The van der Waals surface area contributed by atoms with Gasteiger partial charge in [-0.15, -0.1) is 6.58 Å². The number of aliphatic hydroxyl groups excluding tert-OH is 1. The third-order valence-corrected chi connectivity index (χ3v) is 9.83. The van der Waals surface area contributed by atoms with Crippen LogP contribution < -0.4 is 4.90 Å². The zero-order valence-electron chi connectivity index (χ0n) is 23.2. The van der Waals surface area contributed by atoms with Crippen LogP contribution in [0.15, 0.2) is 55.1 Å². The molecule has 3 heterocycles. The number of amides is 2. The number of carbonyl (C=O) groups is 3. The number of alkyl halides is 1. The lowest BCUT2D eigenvalue weighted by Gasteiger charge is -2.41. The second kappa shape index (κ2) is 11.3. The molecule has 8 atom stereocenters. The van der Waals surface area contributed by atoms with E-state index in [-0.39, 0.29) is 42.3 Å². The Morgan fingerprint density at radius 1 is 1.27 bits per heavy atom. The van der Waals surface area contributed by atoms with E-state index in [0.717, 1.165) is 10.8 Å². The molecule has 5 rings (SSSR count). The summed E-state index contributed by atoms with van der Waals surface area (Å²) >= 11 is 3.69. The fourth-order valence-corrected chi connectivity index (χ4v) is 7.91. The molecule has 0 aromatic heterocycles. The Morgan fingerprint density at radius 2 is 2.00 bits per heavy atom. The minimum absolute atomic E-state index is 0.0917. The van der Waals surface area contributed by atoms with Gasteiger partial charge < -0.3 is 24.4 Å². The van der Waals surface area contributed by atoms with Crippen LogP contribution in [0.25, 0.3) is 10.8 Å². The molecule has 2 bridgehead atoms. The van der Waals surface area contributed by atoms with E-state index < -0.39 is 41.6 Å². The molecule has 40 heavy (non-hydrogen) atoms. The maximum atomic E-state index is 14.8. The van der Waals surface area contributed by atoms with Crippen LogP contribution in [-0.2, 0) is 23.9 Å². The van der Waals surface area contributed by atoms with Gasteiger partial charge in [-0.3, -0.25) is 14.4 Å². The molecule has 3 fully saturated rings. The molecule has 214 valence electrons. The second-order valence-corrected chi connectivity index (χ2v) is 12.2. The number of nitrogens with zero attached hydrogens (tertiary/aromatic N) is 2. The van der Waals surface area contributed by atoms with Gasteiger partial charge in [-0.1, -0.05) is 72.6 Å². The Labute approximate surface area is 243 Å². The Kier molecular flexibility index (Phi) is 8.10. The first kappa shape index (κ1) is 28.8. The number of aliphatic hydroxyl groups is 1. The van der Waals surface area contributed by atoms with Crippen LogP contribution in [0.2, 0.25) is 0 Å². The number of esters is 1. The van der Waals surface area contributed by atoms with Crippen molar-refractivity contribution >= 4 is 50.2 Å². The van der Waals surface area contributed by atoms with Crippen LogP contribution in [-0.4, -0.2) is 76.2 Å². The van der Waals surface area contributed by atoms with Gasteiger partial charge in [0.05, 0.1) is 37.2 Å². The Hall–Kier alpha value is -2.75. The lowest BCUT2D eigenvalue weighted by atomic mass is 9.70. The van der Waals surface area contributed by atoms with Crippen LogP contribution >= 0.6 is 15.9 Å². The third-order valence-electron chi connectivity index (χ3n) is 8.99. The Balaban J connectivity index is 1.64. The molecule has 0 saturated carbocycles. The van der Waals surface area contributed by atoms with Gasteiger partial charge in [0, 0.05) is 17.1 Å². The summed E-state index contributed by atoms with van der Waals surface area (Å²) < 4.78 is 12.0. The number of benzene rings is 2. The largest absolute Gasteiger partial charge is 0.466 e. The molecule has 2 amide bonds. The van der Waals surface area contributed by atoms with E-state index >= 15 is 0 Å². The smallest absolute Gasteiger partial charge is 0.312 e. The first-order valence-corrected chi connectivity index (χ1v) is 15.0. The maximum Gasteiger partial charge on any atom is 0.312 e. The minimum atomic E-state index is -1.23. The van der Waals surface area contributed by atoms with Crippen molar-refractivity contribution in [1.29, 1.82) is 0 Å². The molecule has 8 nitrogen and oxygen atoms in total. The van der Waals surface area contributed by atoms with Gasteiger partial charge in [0.25, 0.3) is 5.91 Å². The van der Waals surface area contributed by atoms with E-state index in [1.807, 2.05) is 56.3 Å². The highest BCUT2D eigenvalue weighted by Gasteiger charge is 2.77. The first-order chi connectivity index (χ1) is 19.2. The lowest BCUT2D eigenvalue weighted by Crippen LogP contribution is -2.60. The number of halogens is 1. The van der Waals surface area contributed by atoms with Crippen LogP contribution in [0.5, 0.6) is 0 Å². The average Bonchev–Trinajstić information content (AvgIpc) is 3.55. The summed E-state index contributed by atoms with van der Waals surface area (Å²) in [5, 5.41) is 12.6. The van der Waals surface area contributed by atoms with E-state index in [1.54, 1.807) is 17.9 Å². The average molecular weight is 614 g/mol. The van der Waals surface area contributed by atoms with Gasteiger partial charge in [-0.05, 0) is 42.2 Å². The summed E-state index contributed by atoms with van der Waals surface area (Å²) in [6, 6.07) is 12.1. The Bertz CT molecular complexity index is 1320. The van der Waals surface area contributed by atoms with Crippen molar-refractivity contribution in [3.05, 3.63) is 55.1 Å². The van der Waals surface area contributed by atoms with E-state index in [2.05, 4.69) is 22.5 Å². The van der Waals surface area contributed by atoms with Crippen molar-refractivity contribution < 1.29 is 29.0 Å². The molecule has 0 aliphatic carbocycles. The molecule has 2 aromatic rings. The predicted molar refractivity (Wildman–Crippen MR) is 156 cm³/mol. The Morgan fingerprint density at radius 3 is 2.65 bits per heavy atom. The number of carbonyl (C=O) groups excluding carboxylic acids is 3. The molecule has 2 aromatic carbocycles. The van der Waals surface area contributed by atoms with Crippen molar-refractivity contribution in [3.8, 4) is 0 Å². The molecule has 9 heteroatoms. The highest BCUT2D eigenvalue weighted by molar-refractivity contribution is 9.09. The maximum absolute atomic E-state index is 14.8. The summed E-state index contributed by atoms with van der Waals surface area (Å²) in [5.74, 6) is -2.96. The number of hydrogen-bond acceptors (Lipinski definition) is 6. The van der Waals surface area contributed by atoms with E-state index in [1.165, 1.54) is 4.90 Å². The number of anilines is 1. The van der Waals surface area contributed by atoms with E-state index in [0.29, 0.717) is 18.5 Å². The van der Waals surface area contributed by atoms with Gasteiger partial charge in [0.1, 0.15) is 11.6 Å². The van der Waals surface area contributed by atoms with Crippen molar-refractivity contribution in [3.63, 3.8) is 0 Å². The van der Waals surface area contributed by atoms with Gasteiger partial charge in [0.2, 0.25) is 5.91 Å². The van der Waals surface area contributed by atoms with Crippen molar-refractivity contribution in [1.82, 2.24) is 4.90 Å². The molecule has 1 spiro atoms. The number of hydrogen-bond donors (Lipinski definition) is 1. The molecule has 3 aliphatic heterocycles. The van der Waals surface area contributed by atoms with E-state index in [9.17, 15) is 19.5 Å². The number of ether oxygens (including phenoxy) is 2. The zero-order chi connectivity index (χ0) is 28.8. The molecular formula is C31H37BrN2O6. The summed E-state index contributed by atoms with van der Waals surface area (Å²) in [7, 11) is 0. The quantitative estimate of drug-likeness (QED) is 0.247. The van der Waals surface area contributed by atoms with Crippen molar-refractivity contribution in [2.45, 2.75) is 62.2 Å². The monoisotopic (exact) mass is 612 g/mol. The lowest BCUT2D eigenvalue weighted by molar-refractivity contribution is -0.155. The minimum Gasteiger partial charge on any atom is -0.466 e. The number of fused-ring (bicyclic) bond motifs is 2. The topological polar surface area (TPSA) is 96.4 Å². The van der Waals surface area contributed by atoms with Gasteiger partial charge in [-0.2, -0.15) is 0 Å². The van der Waals surface area contributed by atoms with Crippen LogP contribution in [0.3, 0.4) is 0 Å². The first-order valence-electron chi connectivity index (χ1n) is 14.1. The molecule has 0 radical (unpaired) electrons. The van der Waals surface area contributed by atoms with Gasteiger partial charge in [-0.25, -0.2) is 0 Å². The molecule has 3 aliphatic rings. The third kappa shape index (κ3) is 4.37. The normalized spacial score (nSPS) is 30.3. The molecule has 3 unspecified atom stereocenters. The SMILES string of the molecule is C=CCN(C(=O)C1N([C@@H](CO)[C@@H](C)CC)C(=O)[C@@H]2[C@H](C(=O)OCC)[C@H]3OC12CC3Br)c1ccc2ccccc2c1. The molecular weight excluding hydrogens is 576 g/mol. The number of likely N-dealkylation sites (tertiary alicyclic amines) is 1. The second-order valence-electron chi connectivity index (χ2n) is 11.1. The summed E-state index contributed by atoms with van der Waals surface area (Å²) in [4.78, 5) is 45.3. The van der Waals surface area contributed by atoms with Crippen LogP contribution in [0.4, 0.5) is 5.69 Å². The van der Waals surface area contributed by atoms with Crippen molar-refractivity contribution in [2.24, 2.45) is 17.8 Å². The van der Waals surface area contributed by atoms with Gasteiger partial charge in [0.15, 0.2) is 0 Å². The molecule has 3 saturated heterocycles. The summed E-state index contributed by atoms with van der Waals surface area (Å²) in [6.45, 7) is 9.64. The fraction of sp³-hybridized carbons (Fsp3) is 0.516. The summed E-state index contributed by atoms with van der Waals surface area (Å²) in [6.07, 6.45) is 2.15. The van der Waals surface area contributed by atoms with Gasteiger partial charge >= 0.3 is 5.97 Å². The van der Waals surface area contributed by atoms with Crippen molar-refractivity contribution in [2.75, 3.05) is 24.7 Å². The standard InChI is InChI=1S/C31H37BrN2O6/c1-5-14-33(21-13-12-19-10-8-9-11-20(19)15-21)29(37)27-31-16-22(32)26(40-31)24(30(38)39-7-3)25(31)28(36)34(27)23(17-35)18(4)6-2/h5,8-13,15,18,22-27,35H,1,6-7,14,16-17H2,2-4H3/t18-,22?,23-,24-,25-,26-,27?,31?/m0/s1.